The second kappa shape index (κ2) is 15.4. The molecule has 6 aromatic carbocycles. The molecular weight excluding hydrogens is 663 g/mol. The molecule has 8 heteroatoms. The van der Waals surface area contributed by atoms with Crippen molar-refractivity contribution in [3.05, 3.63) is 197 Å². The first-order valence-electron chi connectivity index (χ1n) is 17.5. The summed E-state index contributed by atoms with van der Waals surface area (Å²) in [5.74, 6) is -1.53. The maximum absolute atomic E-state index is 14.7. The molecule has 264 valence electrons. The van der Waals surface area contributed by atoms with Crippen LogP contribution in [0, 0.1) is 0 Å². The van der Waals surface area contributed by atoms with E-state index in [-0.39, 0.29) is 19.1 Å². The van der Waals surface area contributed by atoms with E-state index in [4.69, 9.17) is 0 Å². The first-order chi connectivity index (χ1) is 25.9. The number of hydrogen-bond donors (Lipinski definition) is 4. The molecule has 7 rings (SSSR count). The number of fused-ring (bicyclic) bond motifs is 3. The smallest absolute Gasteiger partial charge is 0.408 e. The van der Waals surface area contributed by atoms with Crippen molar-refractivity contribution in [3.8, 4) is 11.1 Å². The third kappa shape index (κ3) is 7.05. The Bertz CT molecular complexity index is 2070. The fourth-order valence-electron chi connectivity index (χ4n) is 7.47. The van der Waals surface area contributed by atoms with Gasteiger partial charge in [0.1, 0.15) is 11.6 Å². The highest BCUT2D eigenvalue weighted by molar-refractivity contribution is 5.99. The average Bonchev–Trinajstić information content (AvgIpc) is 3.52. The van der Waals surface area contributed by atoms with E-state index in [1.54, 1.807) is 24.3 Å². The van der Waals surface area contributed by atoms with Crippen molar-refractivity contribution in [2.45, 2.75) is 30.5 Å². The Morgan fingerprint density at radius 3 is 1.53 bits per heavy atom. The molecular formula is C45H39N3O5. The molecule has 1 aliphatic rings. The maximum atomic E-state index is 14.7. The summed E-state index contributed by atoms with van der Waals surface area (Å²) in [6.07, 6.45) is -1.78. The summed E-state index contributed by atoms with van der Waals surface area (Å²) in [6, 6.07) is 49.8. The molecule has 4 N–H and O–H groups in total. The molecule has 0 spiro atoms. The lowest BCUT2D eigenvalue weighted by Crippen LogP contribution is -2.53. The lowest BCUT2D eigenvalue weighted by molar-refractivity contribution is -0.128. The Morgan fingerprint density at radius 2 is 1.08 bits per heavy atom. The van der Waals surface area contributed by atoms with Gasteiger partial charge >= 0.3 is 6.09 Å². The minimum atomic E-state index is -1.41. The van der Waals surface area contributed by atoms with E-state index in [0.717, 1.165) is 43.8 Å². The zero-order valence-electron chi connectivity index (χ0n) is 28.9. The second-order valence-electron chi connectivity index (χ2n) is 13.1. The van der Waals surface area contributed by atoms with Gasteiger partial charge in [-0.15, -0.1) is 0 Å². The number of benzene rings is 6. The van der Waals surface area contributed by atoms with Gasteiger partial charge in [-0.25, -0.2) is 4.79 Å². The minimum absolute atomic E-state index is 0.0562. The van der Waals surface area contributed by atoms with Gasteiger partial charge in [-0.3, -0.25) is 14.5 Å². The van der Waals surface area contributed by atoms with E-state index in [1.807, 2.05) is 140 Å². The van der Waals surface area contributed by atoms with Crippen molar-refractivity contribution < 1.29 is 24.6 Å². The molecule has 6 aromatic rings. The van der Waals surface area contributed by atoms with Gasteiger partial charge in [0, 0.05) is 18.2 Å². The summed E-state index contributed by atoms with van der Waals surface area (Å²) in [6.45, 7) is -0.223. The highest BCUT2D eigenvalue weighted by Crippen LogP contribution is 2.45. The van der Waals surface area contributed by atoms with E-state index in [0.29, 0.717) is 11.3 Å². The summed E-state index contributed by atoms with van der Waals surface area (Å²) >= 11 is 0. The number of hydrogen-bond acceptors (Lipinski definition) is 4. The lowest BCUT2D eigenvalue weighted by atomic mass is 9.77. The van der Waals surface area contributed by atoms with Gasteiger partial charge in [-0.2, -0.15) is 0 Å². The number of nitrogens with one attached hydrogen (secondary N) is 2. The van der Waals surface area contributed by atoms with Crippen LogP contribution < -0.4 is 10.6 Å². The Balaban J connectivity index is 1.29. The lowest BCUT2D eigenvalue weighted by Gasteiger charge is -2.38. The van der Waals surface area contributed by atoms with Gasteiger partial charge in [-0.1, -0.05) is 152 Å². The molecule has 0 saturated carbocycles. The van der Waals surface area contributed by atoms with E-state index in [1.165, 1.54) is 0 Å². The van der Waals surface area contributed by atoms with Crippen molar-refractivity contribution in [1.82, 2.24) is 10.2 Å². The predicted octanol–water partition coefficient (Wildman–Crippen LogP) is 7.78. The van der Waals surface area contributed by atoms with E-state index in [9.17, 15) is 24.6 Å². The van der Waals surface area contributed by atoms with Crippen LogP contribution in [-0.2, 0) is 21.7 Å². The number of amides is 3. The van der Waals surface area contributed by atoms with Crippen LogP contribution in [0.2, 0.25) is 0 Å². The van der Waals surface area contributed by atoms with Gasteiger partial charge in [0.2, 0.25) is 11.8 Å². The number of carbonyl (C=O) groups is 3. The van der Waals surface area contributed by atoms with Gasteiger partial charge in [0.15, 0.2) is 0 Å². The van der Waals surface area contributed by atoms with E-state index < -0.39 is 35.9 Å². The molecule has 0 aromatic heterocycles. The number of aliphatic hydroxyl groups is 1. The number of carboxylic acid groups (broad SMARTS) is 1. The van der Waals surface area contributed by atoms with Crippen LogP contribution in [0.25, 0.3) is 11.1 Å². The first kappa shape index (κ1) is 34.9. The van der Waals surface area contributed by atoms with Crippen molar-refractivity contribution >= 4 is 23.6 Å². The van der Waals surface area contributed by atoms with Gasteiger partial charge in [-0.05, 0) is 56.6 Å². The Morgan fingerprint density at radius 1 is 0.623 bits per heavy atom. The third-order valence-electron chi connectivity index (χ3n) is 10.00. The monoisotopic (exact) mass is 701 g/mol. The van der Waals surface area contributed by atoms with Gasteiger partial charge < -0.3 is 20.8 Å². The summed E-state index contributed by atoms with van der Waals surface area (Å²) in [4.78, 5) is 43.4. The molecule has 53 heavy (non-hydrogen) atoms. The van der Waals surface area contributed by atoms with E-state index >= 15 is 0 Å². The average molecular weight is 702 g/mol. The van der Waals surface area contributed by atoms with Gasteiger partial charge in [0.25, 0.3) is 0 Å². The summed E-state index contributed by atoms with van der Waals surface area (Å²) < 4.78 is 0. The second-order valence-corrected chi connectivity index (χ2v) is 13.1. The minimum Gasteiger partial charge on any atom is -0.465 e. The van der Waals surface area contributed by atoms with Crippen LogP contribution in [0.4, 0.5) is 10.5 Å². The fourth-order valence-corrected chi connectivity index (χ4v) is 7.47. The number of aliphatic hydroxyl groups excluding tert-OH is 1. The molecule has 3 amide bonds. The van der Waals surface area contributed by atoms with Crippen molar-refractivity contribution in [2.24, 2.45) is 0 Å². The van der Waals surface area contributed by atoms with E-state index in [2.05, 4.69) is 10.6 Å². The standard InChI is InChI=1S/C45H39N3O5/c49-30-31-24-26-35(27-25-31)46-43(51)41(48(44(52)53)29-40-38-22-12-10-20-36(38)37-21-11-13-23-39(37)40)28-42(50)47-45(32-14-4-1-5-15-32,33-16-6-2-7-17-33)34-18-8-3-9-19-34/h1-27,40-41,49H,28-30H2,(H,46,51)(H,47,50)(H,52,53). The number of rotatable bonds is 12. The SMILES string of the molecule is O=C(CC(C(=O)Nc1ccc(CO)cc1)N(CC1c2ccccc2-c2ccccc21)C(=O)O)NC(c1ccccc1)(c1ccccc1)c1ccccc1. The summed E-state index contributed by atoms with van der Waals surface area (Å²) in [7, 11) is 0. The number of nitrogens with zero attached hydrogens (tertiary/aromatic N) is 1. The molecule has 8 nitrogen and oxygen atoms in total. The Labute approximate surface area is 308 Å². The molecule has 0 saturated heterocycles. The van der Waals surface area contributed by atoms with Gasteiger partial charge in [0.05, 0.1) is 13.0 Å². The molecule has 0 bridgehead atoms. The number of anilines is 1. The summed E-state index contributed by atoms with van der Waals surface area (Å²) in [5.41, 5.74) is 6.23. The fraction of sp³-hybridized carbons (Fsp3) is 0.133. The molecule has 1 aliphatic carbocycles. The molecule has 1 unspecified atom stereocenters. The Kier molecular flexibility index (Phi) is 10.1. The quantitative estimate of drug-likeness (QED) is 0.0973. The largest absolute Gasteiger partial charge is 0.465 e. The number of carbonyl (C=O) groups excluding carboxylic acids is 2. The van der Waals surface area contributed by atoms with Crippen LogP contribution in [0.3, 0.4) is 0 Å². The Hall–Kier alpha value is -6.51. The molecule has 1 atom stereocenters. The zero-order chi connectivity index (χ0) is 36.8. The molecule has 0 fully saturated rings. The highest BCUT2D eigenvalue weighted by Gasteiger charge is 2.41. The van der Waals surface area contributed by atoms with Crippen LogP contribution >= 0.6 is 0 Å². The normalized spacial score (nSPS) is 12.6. The summed E-state index contributed by atoms with van der Waals surface area (Å²) in [5, 5.41) is 26.5. The molecule has 0 aliphatic heterocycles. The van der Waals surface area contributed by atoms with Crippen molar-refractivity contribution in [3.63, 3.8) is 0 Å². The van der Waals surface area contributed by atoms with Crippen LogP contribution in [0.1, 0.15) is 45.7 Å². The maximum Gasteiger partial charge on any atom is 0.408 e. The topological polar surface area (TPSA) is 119 Å². The van der Waals surface area contributed by atoms with Crippen LogP contribution in [-0.4, -0.2) is 45.6 Å². The van der Waals surface area contributed by atoms with Crippen LogP contribution in [0.5, 0.6) is 0 Å². The molecule has 0 radical (unpaired) electrons. The molecule has 0 heterocycles. The third-order valence-corrected chi connectivity index (χ3v) is 10.00. The van der Waals surface area contributed by atoms with Crippen LogP contribution in [0.15, 0.2) is 164 Å². The van der Waals surface area contributed by atoms with Crippen molar-refractivity contribution in [1.29, 1.82) is 0 Å². The highest BCUT2D eigenvalue weighted by atomic mass is 16.4. The first-order valence-corrected chi connectivity index (χ1v) is 17.5. The zero-order valence-corrected chi connectivity index (χ0v) is 28.9. The predicted molar refractivity (Wildman–Crippen MR) is 205 cm³/mol. The van der Waals surface area contributed by atoms with Crippen molar-refractivity contribution in [2.75, 3.05) is 11.9 Å².